The third kappa shape index (κ3) is 3.80. The zero-order chi connectivity index (χ0) is 16.9. The summed E-state index contributed by atoms with van der Waals surface area (Å²) in [7, 11) is 0. The van der Waals surface area contributed by atoms with E-state index in [1.807, 2.05) is 35.7 Å². The van der Waals surface area contributed by atoms with Gasteiger partial charge in [-0.15, -0.1) is 11.3 Å². The van der Waals surface area contributed by atoms with Gasteiger partial charge in [0.15, 0.2) is 10.6 Å². The fourth-order valence-electron chi connectivity index (χ4n) is 2.42. The highest BCUT2D eigenvalue weighted by Crippen LogP contribution is 2.22. The number of hydrogen-bond donors (Lipinski definition) is 2. The molecule has 0 fully saturated rings. The zero-order valence-corrected chi connectivity index (χ0v) is 14.9. The number of benzene rings is 1. The fraction of sp³-hybridized carbons (Fsp3) is 0.235. The van der Waals surface area contributed by atoms with Crippen LogP contribution >= 0.6 is 23.6 Å². The fourth-order valence-corrected chi connectivity index (χ4v) is 3.34. The molecular weight excluding hydrogens is 340 g/mol. The first-order chi connectivity index (χ1) is 11.6. The molecule has 24 heavy (non-hydrogen) atoms. The van der Waals surface area contributed by atoms with Gasteiger partial charge in [0, 0.05) is 6.54 Å². The Balaban J connectivity index is 1.64. The number of carbonyl (C=O) groups is 1. The molecule has 2 N–H and O–H groups in total. The number of H-pyrrole nitrogens is 1. The summed E-state index contributed by atoms with van der Waals surface area (Å²) in [5, 5.41) is 11.9. The van der Waals surface area contributed by atoms with E-state index in [-0.39, 0.29) is 18.4 Å². The maximum absolute atomic E-state index is 12.3. The summed E-state index contributed by atoms with van der Waals surface area (Å²) in [5.74, 6) is 0.874. The van der Waals surface area contributed by atoms with Gasteiger partial charge in [-0.1, -0.05) is 43.3 Å². The van der Waals surface area contributed by atoms with Gasteiger partial charge in [0.25, 0.3) is 0 Å². The number of thiophene rings is 1. The molecule has 0 aliphatic carbocycles. The number of hydrogen-bond acceptors (Lipinski definition) is 4. The summed E-state index contributed by atoms with van der Waals surface area (Å²) in [6, 6.07) is 14.0. The van der Waals surface area contributed by atoms with Crippen LogP contribution in [0.2, 0.25) is 0 Å². The average molecular weight is 358 g/mol. The second-order valence-corrected chi connectivity index (χ2v) is 6.87. The van der Waals surface area contributed by atoms with Gasteiger partial charge in [0.1, 0.15) is 6.54 Å². The van der Waals surface area contributed by atoms with E-state index in [1.54, 1.807) is 15.9 Å². The molecule has 0 radical (unpaired) electrons. The molecule has 2 aromatic heterocycles. The van der Waals surface area contributed by atoms with Crippen LogP contribution in [0.15, 0.2) is 47.8 Å². The SMILES string of the molecule is C[C@H](CNC(=O)Cn1c(-c2cccs2)n[nH]c1=S)c1ccccc1. The van der Waals surface area contributed by atoms with Crippen molar-refractivity contribution in [1.29, 1.82) is 0 Å². The minimum Gasteiger partial charge on any atom is -0.354 e. The number of aromatic nitrogens is 3. The molecule has 1 atom stereocenters. The smallest absolute Gasteiger partial charge is 0.240 e. The average Bonchev–Trinajstić information content (AvgIpc) is 3.24. The molecule has 0 spiro atoms. The molecule has 7 heteroatoms. The molecule has 1 aromatic carbocycles. The van der Waals surface area contributed by atoms with Crippen molar-refractivity contribution in [2.45, 2.75) is 19.4 Å². The van der Waals surface area contributed by atoms with E-state index in [2.05, 4.69) is 34.6 Å². The van der Waals surface area contributed by atoms with Crippen molar-refractivity contribution in [3.05, 3.63) is 58.2 Å². The third-order valence-electron chi connectivity index (χ3n) is 3.78. The maximum atomic E-state index is 12.3. The molecule has 0 aliphatic rings. The lowest BCUT2D eigenvalue weighted by Gasteiger charge is -2.13. The number of rotatable bonds is 6. The van der Waals surface area contributed by atoms with Crippen LogP contribution in [0.25, 0.3) is 10.7 Å². The molecule has 2 heterocycles. The molecule has 5 nitrogen and oxygen atoms in total. The quantitative estimate of drug-likeness (QED) is 0.662. The van der Waals surface area contributed by atoms with Gasteiger partial charge in [0.2, 0.25) is 5.91 Å². The van der Waals surface area contributed by atoms with Gasteiger partial charge in [-0.05, 0) is 35.1 Å². The van der Waals surface area contributed by atoms with Crippen molar-refractivity contribution >= 4 is 29.5 Å². The number of nitrogens with one attached hydrogen (secondary N) is 2. The summed E-state index contributed by atoms with van der Waals surface area (Å²) in [5.41, 5.74) is 1.21. The Labute approximate surface area is 149 Å². The van der Waals surface area contributed by atoms with Crippen LogP contribution in [0, 0.1) is 4.77 Å². The molecular formula is C17H18N4OS2. The number of carbonyl (C=O) groups excluding carboxylic acids is 1. The molecule has 3 rings (SSSR count). The van der Waals surface area contributed by atoms with Crippen molar-refractivity contribution in [3.63, 3.8) is 0 Å². The molecule has 0 saturated carbocycles. The van der Waals surface area contributed by atoms with Gasteiger partial charge in [-0.3, -0.25) is 14.5 Å². The number of nitrogens with zero attached hydrogens (tertiary/aromatic N) is 2. The van der Waals surface area contributed by atoms with Crippen LogP contribution in [0.4, 0.5) is 0 Å². The van der Waals surface area contributed by atoms with E-state index in [0.29, 0.717) is 17.1 Å². The Hall–Kier alpha value is -2.25. The Bertz CT molecular complexity index is 852. The summed E-state index contributed by atoms with van der Waals surface area (Å²) in [4.78, 5) is 13.3. The topological polar surface area (TPSA) is 62.7 Å². The normalized spacial score (nSPS) is 12.0. The molecule has 0 unspecified atom stereocenters. The van der Waals surface area contributed by atoms with Crippen LogP contribution in [0.1, 0.15) is 18.4 Å². The summed E-state index contributed by atoms with van der Waals surface area (Å²) >= 11 is 6.81. The van der Waals surface area contributed by atoms with Gasteiger partial charge in [-0.2, -0.15) is 5.10 Å². The van der Waals surface area contributed by atoms with E-state index < -0.39 is 0 Å². The first-order valence-electron chi connectivity index (χ1n) is 7.66. The first kappa shape index (κ1) is 16.6. The van der Waals surface area contributed by atoms with Crippen LogP contribution in [0.3, 0.4) is 0 Å². The van der Waals surface area contributed by atoms with E-state index in [0.717, 1.165) is 4.88 Å². The lowest BCUT2D eigenvalue weighted by molar-refractivity contribution is -0.121. The third-order valence-corrected chi connectivity index (χ3v) is 4.95. The van der Waals surface area contributed by atoms with Crippen molar-refractivity contribution in [3.8, 4) is 10.7 Å². The van der Waals surface area contributed by atoms with Crippen LogP contribution in [-0.2, 0) is 11.3 Å². The van der Waals surface area contributed by atoms with Crippen LogP contribution in [-0.4, -0.2) is 27.2 Å². The van der Waals surface area contributed by atoms with Gasteiger partial charge >= 0.3 is 0 Å². The highest BCUT2D eigenvalue weighted by Gasteiger charge is 2.14. The highest BCUT2D eigenvalue weighted by molar-refractivity contribution is 7.71. The van der Waals surface area contributed by atoms with Gasteiger partial charge < -0.3 is 5.32 Å². The van der Waals surface area contributed by atoms with E-state index in [9.17, 15) is 4.79 Å². The second kappa shape index (κ2) is 7.55. The lowest BCUT2D eigenvalue weighted by atomic mass is 10.0. The number of amides is 1. The summed E-state index contributed by atoms with van der Waals surface area (Å²) in [6.45, 7) is 2.84. The minimum absolute atomic E-state index is 0.0758. The summed E-state index contributed by atoms with van der Waals surface area (Å²) in [6.07, 6.45) is 0. The maximum Gasteiger partial charge on any atom is 0.240 e. The molecule has 0 aliphatic heterocycles. The minimum atomic E-state index is -0.0758. The van der Waals surface area contributed by atoms with Crippen molar-refractivity contribution in [2.24, 2.45) is 0 Å². The van der Waals surface area contributed by atoms with Crippen molar-refractivity contribution < 1.29 is 4.79 Å². The Morgan fingerprint density at radius 2 is 2.12 bits per heavy atom. The second-order valence-electron chi connectivity index (χ2n) is 5.53. The molecule has 1 amide bonds. The molecule has 124 valence electrons. The van der Waals surface area contributed by atoms with Gasteiger partial charge in [0.05, 0.1) is 4.88 Å². The van der Waals surface area contributed by atoms with E-state index >= 15 is 0 Å². The van der Waals surface area contributed by atoms with Crippen LogP contribution < -0.4 is 5.32 Å². The Morgan fingerprint density at radius 1 is 1.33 bits per heavy atom. The Kier molecular flexibility index (Phi) is 5.22. The molecule has 3 aromatic rings. The lowest BCUT2D eigenvalue weighted by Crippen LogP contribution is -2.31. The standard InChI is InChI=1S/C17H18N4OS2/c1-12(13-6-3-2-4-7-13)10-18-15(22)11-21-16(19-20-17(21)23)14-8-5-9-24-14/h2-9,12H,10-11H2,1H3,(H,18,22)(H,20,23)/t12-/m1/s1. The monoisotopic (exact) mass is 358 g/mol. The van der Waals surface area contributed by atoms with Gasteiger partial charge in [-0.25, -0.2) is 0 Å². The van der Waals surface area contributed by atoms with E-state index in [1.165, 1.54) is 5.56 Å². The number of aromatic amines is 1. The summed E-state index contributed by atoms with van der Waals surface area (Å²) < 4.78 is 2.17. The van der Waals surface area contributed by atoms with Crippen molar-refractivity contribution in [1.82, 2.24) is 20.1 Å². The Morgan fingerprint density at radius 3 is 2.83 bits per heavy atom. The molecule has 0 saturated heterocycles. The van der Waals surface area contributed by atoms with Crippen LogP contribution in [0.5, 0.6) is 0 Å². The highest BCUT2D eigenvalue weighted by atomic mass is 32.1. The van der Waals surface area contributed by atoms with Crippen molar-refractivity contribution in [2.75, 3.05) is 6.54 Å². The molecule has 0 bridgehead atoms. The predicted molar refractivity (Wildman–Crippen MR) is 98.6 cm³/mol. The predicted octanol–water partition coefficient (Wildman–Crippen LogP) is 3.59. The largest absolute Gasteiger partial charge is 0.354 e. The zero-order valence-electron chi connectivity index (χ0n) is 13.2. The first-order valence-corrected chi connectivity index (χ1v) is 8.94. The van der Waals surface area contributed by atoms with E-state index in [4.69, 9.17) is 12.2 Å².